The predicted octanol–water partition coefficient (Wildman–Crippen LogP) is 5.26. The molecule has 3 aromatic rings. The van der Waals surface area contributed by atoms with Crippen LogP contribution in [0.5, 0.6) is 5.75 Å². The van der Waals surface area contributed by atoms with Gasteiger partial charge in [-0.1, -0.05) is 56.1 Å². The van der Waals surface area contributed by atoms with Crippen molar-refractivity contribution in [2.45, 2.75) is 33.1 Å². The Bertz CT molecular complexity index is 1080. The Balaban J connectivity index is 1.96. The van der Waals surface area contributed by atoms with Crippen LogP contribution in [0.3, 0.4) is 0 Å². The number of anilines is 2. The van der Waals surface area contributed by atoms with Crippen molar-refractivity contribution in [3.05, 3.63) is 58.6 Å². The standard InChI is InChI=1S/C23H27ClN4O2/c1-5-9-19-16(6-2)26-22(28(19)4)23(30)27-17-12-7-10-14(20(17)24)15-11-8-13-18(25-3)21(15)29/h7-8,10-13,25,29H,5-6,9H2,1-4H3,(H,27,30). The molecule has 0 saturated carbocycles. The van der Waals surface area contributed by atoms with Crippen molar-refractivity contribution >= 4 is 28.9 Å². The average molecular weight is 427 g/mol. The van der Waals surface area contributed by atoms with Crippen LogP contribution in [0.25, 0.3) is 11.1 Å². The zero-order valence-corrected chi connectivity index (χ0v) is 18.5. The number of nitrogens with one attached hydrogen (secondary N) is 2. The Labute approximate surface area is 181 Å². The maximum atomic E-state index is 13.0. The molecule has 2 aromatic carbocycles. The second-order valence-corrected chi connectivity index (χ2v) is 7.44. The summed E-state index contributed by atoms with van der Waals surface area (Å²) in [6.45, 7) is 4.14. The summed E-state index contributed by atoms with van der Waals surface area (Å²) in [4.78, 5) is 17.5. The topological polar surface area (TPSA) is 79.2 Å². The molecule has 7 heteroatoms. The molecule has 0 fully saturated rings. The van der Waals surface area contributed by atoms with Gasteiger partial charge < -0.3 is 20.3 Å². The van der Waals surface area contributed by atoms with Crippen molar-refractivity contribution in [2.24, 2.45) is 7.05 Å². The maximum absolute atomic E-state index is 13.0. The highest BCUT2D eigenvalue weighted by Crippen LogP contribution is 2.41. The van der Waals surface area contributed by atoms with Gasteiger partial charge in [-0.3, -0.25) is 4.79 Å². The van der Waals surface area contributed by atoms with Crippen molar-refractivity contribution in [1.82, 2.24) is 9.55 Å². The summed E-state index contributed by atoms with van der Waals surface area (Å²) in [7, 11) is 3.60. The molecular formula is C23H27ClN4O2. The summed E-state index contributed by atoms with van der Waals surface area (Å²) in [5.41, 5.74) is 4.30. The quantitative estimate of drug-likeness (QED) is 0.450. The van der Waals surface area contributed by atoms with Gasteiger partial charge in [0, 0.05) is 30.9 Å². The number of carbonyl (C=O) groups excluding carboxylic acids is 1. The highest BCUT2D eigenvalue weighted by Gasteiger charge is 2.21. The predicted molar refractivity (Wildman–Crippen MR) is 123 cm³/mol. The third-order valence-electron chi connectivity index (χ3n) is 5.16. The van der Waals surface area contributed by atoms with Gasteiger partial charge in [-0.2, -0.15) is 0 Å². The average Bonchev–Trinajstić information content (AvgIpc) is 3.06. The van der Waals surface area contributed by atoms with Gasteiger partial charge in [-0.25, -0.2) is 4.98 Å². The van der Waals surface area contributed by atoms with E-state index in [4.69, 9.17) is 11.6 Å². The number of benzene rings is 2. The number of para-hydroxylation sites is 1. The molecule has 3 N–H and O–H groups in total. The van der Waals surface area contributed by atoms with Gasteiger partial charge in [0.15, 0.2) is 5.82 Å². The SMILES string of the molecule is CCCc1c(CC)nc(C(=O)Nc2cccc(-c3cccc(NC)c3O)c2Cl)n1C. The molecule has 0 aliphatic rings. The van der Waals surface area contributed by atoms with Crippen molar-refractivity contribution in [3.63, 3.8) is 0 Å². The highest BCUT2D eigenvalue weighted by atomic mass is 35.5. The van der Waals surface area contributed by atoms with E-state index in [1.807, 2.05) is 30.7 Å². The minimum Gasteiger partial charge on any atom is -0.505 e. The lowest BCUT2D eigenvalue weighted by molar-refractivity contribution is 0.101. The largest absolute Gasteiger partial charge is 0.505 e. The number of aromatic hydroxyl groups is 1. The zero-order valence-electron chi connectivity index (χ0n) is 17.7. The lowest BCUT2D eigenvalue weighted by Gasteiger charge is -2.14. The molecular weight excluding hydrogens is 400 g/mol. The number of nitrogens with zero attached hydrogens (tertiary/aromatic N) is 2. The van der Waals surface area contributed by atoms with Crippen LogP contribution in [0.1, 0.15) is 42.3 Å². The summed E-state index contributed by atoms with van der Waals surface area (Å²) in [6.07, 6.45) is 2.63. The number of aryl methyl sites for hydroxylation is 1. The zero-order chi connectivity index (χ0) is 21.8. The molecule has 6 nitrogen and oxygen atoms in total. The van der Waals surface area contributed by atoms with Crippen LogP contribution in [0.4, 0.5) is 11.4 Å². The normalized spacial score (nSPS) is 10.8. The van der Waals surface area contributed by atoms with Crippen LogP contribution in [0, 0.1) is 0 Å². The molecule has 0 unspecified atom stereocenters. The molecule has 1 heterocycles. The van der Waals surface area contributed by atoms with E-state index < -0.39 is 0 Å². The van der Waals surface area contributed by atoms with Crippen LogP contribution in [-0.4, -0.2) is 27.6 Å². The second-order valence-electron chi connectivity index (χ2n) is 7.06. The Hall–Kier alpha value is -2.99. The number of hydrogen-bond acceptors (Lipinski definition) is 4. The summed E-state index contributed by atoms with van der Waals surface area (Å²) < 4.78 is 1.86. The molecule has 0 atom stereocenters. The molecule has 0 saturated heterocycles. The molecule has 158 valence electrons. The van der Waals surface area contributed by atoms with E-state index in [9.17, 15) is 9.90 Å². The summed E-state index contributed by atoms with van der Waals surface area (Å²) in [5, 5.41) is 16.7. The fraction of sp³-hybridized carbons (Fsp3) is 0.304. The van der Waals surface area contributed by atoms with Crippen LogP contribution < -0.4 is 10.6 Å². The Morgan fingerprint density at radius 2 is 1.80 bits per heavy atom. The molecule has 0 aliphatic heterocycles. The first-order chi connectivity index (χ1) is 14.4. The van der Waals surface area contributed by atoms with Gasteiger partial charge in [-0.15, -0.1) is 0 Å². The minimum atomic E-state index is -0.318. The van der Waals surface area contributed by atoms with Gasteiger partial charge in [0.25, 0.3) is 5.91 Å². The number of rotatable bonds is 7. The van der Waals surface area contributed by atoms with E-state index in [1.54, 1.807) is 31.3 Å². The van der Waals surface area contributed by atoms with E-state index in [1.165, 1.54) is 0 Å². The van der Waals surface area contributed by atoms with Gasteiger partial charge in [-0.05, 0) is 25.0 Å². The fourth-order valence-corrected chi connectivity index (χ4v) is 3.88. The third kappa shape index (κ3) is 4.00. The number of imidazole rings is 1. The Morgan fingerprint density at radius 1 is 1.13 bits per heavy atom. The summed E-state index contributed by atoms with van der Waals surface area (Å²) in [6, 6.07) is 10.7. The number of hydrogen-bond donors (Lipinski definition) is 3. The number of amides is 1. The molecule has 0 radical (unpaired) electrons. The fourth-order valence-electron chi connectivity index (χ4n) is 3.60. The number of phenolic OH excluding ortho intramolecular Hbond substituents is 1. The van der Waals surface area contributed by atoms with Crippen molar-refractivity contribution < 1.29 is 9.90 Å². The molecule has 0 bridgehead atoms. The second kappa shape index (κ2) is 9.22. The molecule has 30 heavy (non-hydrogen) atoms. The van der Waals surface area contributed by atoms with E-state index in [-0.39, 0.29) is 11.7 Å². The first-order valence-corrected chi connectivity index (χ1v) is 10.4. The van der Waals surface area contributed by atoms with E-state index >= 15 is 0 Å². The monoisotopic (exact) mass is 426 g/mol. The van der Waals surface area contributed by atoms with Crippen molar-refractivity contribution in [3.8, 4) is 16.9 Å². The van der Waals surface area contributed by atoms with E-state index in [0.29, 0.717) is 33.3 Å². The van der Waals surface area contributed by atoms with Crippen molar-refractivity contribution in [1.29, 1.82) is 0 Å². The lowest BCUT2D eigenvalue weighted by atomic mass is 10.0. The number of halogens is 1. The van der Waals surface area contributed by atoms with Gasteiger partial charge in [0.1, 0.15) is 5.75 Å². The number of aromatic nitrogens is 2. The third-order valence-corrected chi connectivity index (χ3v) is 5.57. The molecule has 3 rings (SSSR count). The molecule has 0 aliphatic carbocycles. The summed E-state index contributed by atoms with van der Waals surface area (Å²) in [5.74, 6) is 0.143. The Kier molecular flexibility index (Phi) is 6.67. The van der Waals surface area contributed by atoms with Gasteiger partial charge in [0.2, 0.25) is 0 Å². The molecule has 1 aromatic heterocycles. The minimum absolute atomic E-state index is 0.103. The van der Waals surface area contributed by atoms with Crippen molar-refractivity contribution in [2.75, 3.05) is 17.7 Å². The van der Waals surface area contributed by atoms with Crippen LogP contribution in [-0.2, 0) is 19.9 Å². The summed E-state index contributed by atoms with van der Waals surface area (Å²) >= 11 is 6.62. The van der Waals surface area contributed by atoms with E-state index in [0.717, 1.165) is 30.7 Å². The Morgan fingerprint density at radius 3 is 2.43 bits per heavy atom. The van der Waals surface area contributed by atoms with Crippen LogP contribution in [0.15, 0.2) is 36.4 Å². The number of phenols is 1. The first kappa shape index (κ1) is 21.7. The number of carbonyl (C=O) groups is 1. The highest BCUT2D eigenvalue weighted by molar-refractivity contribution is 6.36. The van der Waals surface area contributed by atoms with E-state index in [2.05, 4.69) is 22.5 Å². The maximum Gasteiger partial charge on any atom is 0.291 e. The van der Waals surface area contributed by atoms with Crippen LogP contribution in [0.2, 0.25) is 5.02 Å². The first-order valence-electron chi connectivity index (χ1n) is 10.1. The van der Waals surface area contributed by atoms with Gasteiger partial charge >= 0.3 is 0 Å². The van der Waals surface area contributed by atoms with Crippen LogP contribution >= 0.6 is 11.6 Å². The molecule has 1 amide bonds. The molecule has 0 spiro atoms. The van der Waals surface area contributed by atoms with Gasteiger partial charge in [0.05, 0.1) is 22.1 Å². The smallest absolute Gasteiger partial charge is 0.291 e. The lowest BCUT2D eigenvalue weighted by Crippen LogP contribution is -2.18.